The van der Waals surface area contributed by atoms with Gasteiger partial charge in [-0.15, -0.1) is 11.3 Å². The number of rotatable bonds is 3. The molecule has 5 heteroatoms. The molecule has 0 bridgehead atoms. The lowest BCUT2D eigenvalue weighted by Gasteiger charge is -1.98. The minimum absolute atomic E-state index is 0.168. The van der Waals surface area contributed by atoms with Crippen molar-refractivity contribution >= 4 is 27.3 Å². The maximum atomic E-state index is 5.72. The first-order valence-corrected chi connectivity index (χ1v) is 6.22. The third kappa shape index (κ3) is 2.68. The van der Waals surface area contributed by atoms with E-state index in [4.69, 9.17) is 10.2 Å². The van der Waals surface area contributed by atoms with Gasteiger partial charge in [-0.3, -0.25) is 0 Å². The highest BCUT2D eigenvalue weighted by Crippen LogP contribution is 2.28. The highest BCUT2D eigenvalue weighted by molar-refractivity contribution is 9.10. The zero-order valence-corrected chi connectivity index (χ0v) is 10.6. The van der Waals surface area contributed by atoms with Crippen molar-refractivity contribution in [2.24, 2.45) is 5.73 Å². The Balaban J connectivity index is 2.20. The first-order chi connectivity index (χ1) is 7.15. The van der Waals surface area contributed by atoms with E-state index in [-0.39, 0.29) is 6.04 Å². The van der Waals surface area contributed by atoms with E-state index >= 15 is 0 Å². The summed E-state index contributed by atoms with van der Waals surface area (Å²) in [5.41, 5.74) is 5.72. The number of nitrogens with zero attached hydrogens (tertiary/aromatic N) is 1. The fourth-order valence-electron chi connectivity index (χ4n) is 1.26. The van der Waals surface area contributed by atoms with Gasteiger partial charge in [0, 0.05) is 17.1 Å². The minimum atomic E-state index is 0.168. The van der Waals surface area contributed by atoms with E-state index in [1.807, 2.05) is 25.3 Å². The van der Waals surface area contributed by atoms with Crippen molar-refractivity contribution in [3.05, 3.63) is 27.9 Å². The molecule has 0 amide bonds. The molecule has 0 aromatic carbocycles. The van der Waals surface area contributed by atoms with Gasteiger partial charge in [0.05, 0.1) is 0 Å². The minimum Gasteiger partial charge on any atom is -0.447 e. The predicted molar refractivity (Wildman–Crippen MR) is 64.9 cm³/mol. The maximum Gasteiger partial charge on any atom is 0.170 e. The fourth-order valence-corrected chi connectivity index (χ4v) is 2.58. The van der Waals surface area contributed by atoms with Crippen molar-refractivity contribution in [3.8, 4) is 10.8 Å². The van der Waals surface area contributed by atoms with E-state index in [2.05, 4.69) is 20.9 Å². The Morgan fingerprint density at radius 1 is 1.60 bits per heavy atom. The van der Waals surface area contributed by atoms with Crippen molar-refractivity contribution in [2.45, 2.75) is 19.4 Å². The molecule has 2 N–H and O–H groups in total. The normalized spacial score (nSPS) is 13.0. The summed E-state index contributed by atoms with van der Waals surface area (Å²) in [4.78, 5) is 5.49. The molecule has 0 aliphatic heterocycles. The van der Waals surface area contributed by atoms with Crippen LogP contribution < -0.4 is 5.73 Å². The molecule has 0 saturated heterocycles. The Kier molecular flexibility index (Phi) is 3.23. The Bertz CT molecular complexity index is 450. The molecule has 3 nitrogen and oxygen atoms in total. The van der Waals surface area contributed by atoms with Gasteiger partial charge in [0.25, 0.3) is 0 Å². The molecule has 1 unspecified atom stereocenters. The van der Waals surface area contributed by atoms with Crippen molar-refractivity contribution in [1.29, 1.82) is 0 Å². The molecule has 2 aromatic heterocycles. The van der Waals surface area contributed by atoms with E-state index in [0.717, 1.165) is 21.9 Å². The standard InChI is InChI=1S/C10H11BrN2OS/c1-6(12)4-7-5-13-10(15-7)8-2-3-9(11)14-8/h2-3,5-6H,4,12H2,1H3. The van der Waals surface area contributed by atoms with Crippen LogP contribution in [-0.4, -0.2) is 11.0 Å². The second-order valence-corrected chi connectivity index (χ2v) is 5.31. The number of halogens is 1. The van der Waals surface area contributed by atoms with E-state index < -0.39 is 0 Å². The van der Waals surface area contributed by atoms with Crippen molar-refractivity contribution < 1.29 is 4.42 Å². The molecule has 80 valence electrons. The van der Waals surface area contributed by atoms with Crippen LogP contribution in [-0.2, 0) is 6.42 Å². The van der Waals surface area contributed by atoms with Crippen LogP contribution in [0.2, 0.25) is 0 Å². The molecule has 15 heavy (non-hydrogen) atoms. The number of hydrogen-bond acceptors (Lipinski definition) is 4. The Morgan fingerprint density at radius 3 is 3.00 bits per heavy atom. The molecular weight excluding hydrogens is 276 g/mol. The summed E-state index contributed by atoms with van der Waals surface area (Å²) in [6.07, 6.45) is 2.72. The van der Waals surface area contributed by atoms with E-state index in [9.17, 15) is 0 Å². The summed E-state index contributed by atoms with van der Waals surface area (Å²) < 4.78 is 6.14. The van der Waals surface area contributed by atoms with Gasteiger partial charge in [-0.05, 0) is 41.4 Å². The molecule has 0 spiro atoms. The Labute approximate surface area is 100 Å². The van der Waals surface area contributed by atoms with Gasteiger partial charge < -0.3 is 10.2 Å². The van der Waals surface area contributed by atoms with Crippen molar-refractivity contribution in [1.82, 2.24) is 4.98 Å². The summed E-state index contributed by atoms with van der Waals surface area (Å²) in [5, 5.41) is 0.899. The number of thiazole rings is 1. The first kappa shape index (κ1) is 10.9. The summed E-state index contributed by atoms with van der Waals surface area (Å²) in [6, 6.07) is 3.93. The summed E-state index contributed by atoms with van der Waals surface area (Å²) in [5.74, 6) is 0.794. The lowest BCUT2D eigenvalue weighted by molar-refractivity contribution is 0.555. The zero-order chi connectivity index (χ0) is 10.8. The molecule has 0 saturated carbocycles. The number of nitrogens with two attached hydrogens (primary N) is 1. The predicted octanol–water partition coefficient (Wildman–Crippen LogP) is 3.06. The van der Waals surface area contributed by atoms with Crippen LogP contribution in [0.25, 0.3) is 10.8 Å². The quantitative estimate of drug-likeness (QED) is 0.944. The Hall–Kier alpha value is -0.650. The average Bonchev–Trinajstić information content (AvgIpc) is 2.72. The summed E-state index contributed by atoms with van der Waals surface area (Å²) in [7, 11) is 0. The van der Waals surface area contributed by atoms with Crippen LogP contribution >= 0.6 is 27.3 Å². The molecule has 1 atom stereocenters. The van der Waals surface area contributed by atoms with Crippen molar-refractivity contribution in [3.63, 3.8) is 0 Å². The van der Waals surface area contributed by atoms with Crippen LogP contribution in [0.3, 0.4) is 0 Å². The summed E-state index contributed by atoms with van der Waals surface area (Å²) >= 11 is 4.89. The SMILES string of the molecule is CC(N)Cc1cnc(-c2ccc(Br)o2)s1. The van der Waals surface area contributed by atoms with Gasteiger partial charge in [0.2, 0.25) is 0 Å². The van der Waals surface area contributed by atoms with Crippen LogP contribution in [0.1, 0.15) is 11.8 Å². The highest BCUT2D eigenvalue weighted by atomic mass is 79.9. The molecule has 0 fully saturated rings. The van der Waals surface area contributed by atoms with Crippen LogP contribution in [0, 0.1) is 0 Å². The monoisotopic (exact) mass is 286 g/mol. The van der Waals surface area contributed by atoms with Gasteiger partial charge in [0.1, 0.15) is 0 Å². The van der Waals surface area contributed by atoms with E-state index in [1.54, 1.807) is 11.3 Å². The Morgan fingerprint density at radius 2 is 2.40 bits per heavy atom. The second-order valence-electron chi connectivity index (χ2n) is 3.42. The number of aromatic nitrogens is 1. The third-order valence-electron chi connectivity index (χ3n) is 1.86. The highest BCUT2D eigenvalue weighted by Gasteiger charge is 2.09. The molecule has 2 heterocycles. The smallest absolute Gasteiger partial charge is 0.170 e. The van der Waals surface area contributed by atoms with Gasteiger partial charge >= 0.3 is 0 Å². The molecule has 2 rings (SSSR count). The van der Waals surface area contributed by atoms with Crippen LogP contribution in [0.4, 0.5) is 0 Å². The van der Waals surface area contributed by atoms with Gasteiger partial charge in [-0.2, -0.15) is 0 Å². The average molecular weight is 287 g/mol. The summed E-state index contributed by atoms with van der Waals surface area (Å²) in [6.45, 7) is 1.99. The maximum absolute atomic E-state index is 5.72. The zero-order valence-electron chi connectivity index (χ0n) is 8.24. The molecule has 2 aromatic rings. The van der Waals surface area contributed by atoms with Crippen LogP contribution in [0.5, 0.6) is 0 Å². The molecule has 0 aliphatic carbocycles. The van der Waals surface area contributed by atoms with Gasteiger partial charge in [-0.1, -0.05) is 0 Å². The van der Waals surface area contributed by atoms with Gasteiger partial charge in [0.15, 0.2) is 15.4 Å². The molecular formula is C10H11BrN2OS. The topological polar surface area (TPSA) is 52.0 Å². The van der Waals surface area contributed by atoms with E-state index in [1.165, 1.54) is 4.88 Å². The largest absolute Gasteiger partial charge is 0.447 e. The van der Waals surface area contributed by atoms with Gasteiger partial charge in [-0.25, -0.2) is 4.98 Å². The second kappa shape index (κ2) is 4.47. The number of hydrogen-bond donors (Lipinski definition) is 1. The molecule has 0 aliphatic rings. The third-order valence-corrected chi connectivity index (χ3v) is 3.32. The van der Waals surface area contributed by atoms with Crippen molar-refractivity contribution in [2.75, 3.05) is 0 Å². The lowest BCUT2D eigenvalue weighted by atomic mass is 10.2. The van der Waals surface area contributed by atoms with E-state index in [0.29, 0.717) is 0 Å². The first-order valence-electron chi connectivity index (χ1n) is 4.61. The molecule has 0 radical (unpaired) electrons. The lowest BCUT2D eigenvalue weighted by Crippen LogP contribution is -2.16. The fraction of sp³-hybridized carbons (Fsp3) is 0.300. The van der Waals surface area contributed by atoms with Crippen LogP contribution in [0.15, 0.2) is 27.4 Å². The number of furan rings is 1.